The predicted octanol–water partition coefficient (Wildman–Crippen LogP) is 3.83. The fraction of sp³-hybridized carbons (Fsp3) is 0.273. The molecule has 0 unspecified atom stereocenters. The van der Waals surface area contributed by atoms with Crippen molar-refractivity contribution in [3.05, 3.63) is 70.6 Å². The van der Waals surface area contributed by atoms with E-state index < -0.39 is 6.09 Å². The summed E-state index contributed by atoms with van der Waals surface area (Å²) in [6.07, 6.45) is 0.349. The van der Waals surface area contributed by atoms with Gasteiger partial charge in [0.2, 0.25) is 0 Å². The van der Waals surface area contributed by atoms with Crippen LogP contribution in [0.25, 0.3) is 11.0 Å². The smallest absolute Gasteiger partial charge is 0.412 e. The van der Waals surface area contributed by atoms with Gasteiger partial charge in [-0.25, -0.2) is 9.59 Å². The van der Waals surface area contributed by atoms with Crippen molar-refractivity contribution >= 4 is 29.5 Å². The second kappa shape index (κ2) is 11.2. The Balaban J connectivity index is 0.00000320. The first kappa shape index (κ1) is 23.3. The molecule has 1 aromatic heterocycles. The number of halogens is 1. The third-order valence-electron chi connectivity index (χ3n) is 4.31. The first-order chi connectivity index (χ1) is 14.0. The van der Waals surface area contributed by atoms with Gasteiger partial charge in [-0.15, -0.1) is 12.4 Å². The lowest BCUT2D eigenvalue weighted by Crippen LogP contribution is -2.22. The average molecular weight is 433 g/mol. The number of fused-ring (bicyclic) bond motifs is 1. The number of ether oxygens (including phenoxy) is 2. The lowest BCUT2D eigenvalue weighted by atomic mass is 10.2. The lowest BCUT2D eigenvalue weighted by Gasteiger charge is -2.17. The van der Waals surface area contributed by atoms with E-state index in [1.807, 2.05) is 37.4 Å². The van der Waals surface area contributed by atoms with Gasteiger partial charge < -0.3 is 24.1 Å². The molecular formula is C22H25ClN2O5. The number of benzene rings is 2. The van der Waals surface area contributed by atoms with Gasteiger partial charge >= 0.3 is 11.7 Å². The van der Waals surface area contributed by atoms with Crippen molar-refractivity contribution in [2.24, 2.45) is 0 Å². The fourth-order valence-electron chi connectivity index (χ4n) is 2.91. The molecule has 160 valence electrons. The Hall–Kier alpha value is -3.03. The maximum absolute atomic E-state index is 11.3. The first-order valence-corrected chi connectivity index (χ1v) is 9.37. The molecule has 0 aliphatic rings. The van der Waals surface area contributed by atoms with Crippen LogP contribution in [-0.2, 0) is 6.54 Å². The number of rotatable bonds is 8. The standard InChI is InChI=1S/C22H24N2O5.ClH/c1-23-22(26)28-19-6-3-5-16(13-19)15-24(2)11-4-12-27-18-9-7-17-8-10-21(25)29-20(17)14-18;/h3,5-10,13-14H,4,11-12,15H2,1-2H3,(H,23,26);1H. The summed E-state index contributed by atoms with van der Waals surface area (Å²) in [7, 11) is 3.55. The number of hydrogen-bond acceptors (Lipinski definition) is 6. The molecule has 8 heteroatoms. The van der Waals surface area contributed by atoms with Crippen molar-refractivity contribution < 1.29 is 18.7 Å². The van der Waals surface area contributed by atoms with E-state index in [-0.39, 0.29) is 18.0 Å². The molecule has 0 fully saturated rings. The summed E-state index contributed by atoms with van der Waals surface area (Å²) in [5, 5.41) is 3.29. The number of nitrogens with zero attached hydrogens (tertiary/aromatic N) is 1. The normalized spacial score (nSPS) is 10.5. The van der Waals surface area contributed by atoms with E-state index in [0.29, 0.717) is 23.7 Å². The molecular weight excluding hydrogens is 408 g/mol. The van der Waals surface area contributed by atoms with Gasteiger partial charge in [0.1, 0.15) is 17.1 Å². The van der Waals surface area contributed by atoms with Crippen LogP contribution in [0.4, 0.5) is 4.79 Å². The maximum atomic E-state index is 11.3. The molecule has 1 amide bonds. The molecule has 0 aliphatic carbocycles. The van der Waals surface area contributed by atoms with E-state index in [2.05, 4.69) is 10.2 Å². The van der Waals surface area contributed by atoms with E-state index in [9.17, 15) is 9.59 Å². The highest BCUT2D eigenvalue weighted by molar-refractivity contribution is 5.85. The Kier molecular flexibility index (Phi) is 8.70. The van der Waals surface area contributed by atoms with Crippen molar-refractivity contribution in [3.8, 4) is 11.5 Å². The molecule has 0 saturated carbocycles. The zero-order valence-electron chi connectivity index (χ0n) is 16.9. The monoisotopic (exact) mass is 432 g/mol. The Morgan fingerprint density at radius 3 is 2.70 bits per heavy atom. The van der Waals surface area contributed by atoms with Crippen LogP contribution < -0.4 is 20.4 Å². The van der Waals surface area contributed by atoms with E-state index >= 15 is 0 Å². The van der Waals surface area contributed by atoms with E-state index in [1.165, 1.54) is 13.1 Å². The minimum atomic E-state index is -0.486. The Labute approximate surface area is 181 Å². The highest BCUT2D eigenvalue weighted by Crippen LogP contribution is 2.19. The van der Waals surface area contributed by atoms with Gasteiger partial charge in [-0.1, -0.05) is 12.1 Å². The van der Waals surface area contributed by atoms with Crippen LogP contribution in [0.1, 0.15) is 12.0 Å². The van der Waals surface area contributed by atoms with Crippen molar-refractivity contribution in [1.82, 2.24) is 10.2 Å². The fourth-order valence-corrected chi connectivity index (χ4v) is 2.91. The van der Waals surface area contributed by atoms with Crippen LogP contribution in [0, 0.1) is 0 Å². The molecule has 1 heterocycles. The Morgan fingerprint density at radius 2 is 1.90 bits per heavy atom. The van der Waals surface area contributed by atoms with Gasteiger partial charge in [0.25, 0.3) is 0 Å². The topological polar surface area (TPSA) is 81.0 Å². The molecule has 30 heavy (non-hydrogen) atoms. The van der Waals surface area contributed by atoms with Gasteiger partial charge in [0, 0.05) is 37.7 Å². The van der Waals surface area contributed by atoms with Crippen molar-refractivity contribution in [2.75, 3.05) is 27.2 Å². The van der Waals surface area contributed by atoms with Gasteiger partial charge in [-0.05, 0) is 49.4 Å². The van der Waals surface area contributed by atoms with E-state index in [1.54, 1.807) is 18.2 Å². The summed E-state index contributed by atoms with van der Waals surface area (Å²) >= 11 is 0. The predicted molar refractivity (Wildman–Crippen MR) is 118 cm³/mol. The van der Waals surface area contributed by atoms with Crippen LogP contribution in [-0.4, -0.2) is 38.2 Å². The number of carbonyl (C=O) groups is 1. The first-order valence-electron chi connectivity index (χ1n) is 9.37. The van der Waals surface area contributed by atoms with Crippen LogP contribution in [0.5, 0.6) is 11.5 Å². The van der Waals surface area contributed by atoms with E-state index in [0.717, 1.165) is 30.5 Å². The van der Waals surface area contributed by atoms with Crippen molar-refractivity contribution in [2.45, 2.75) is 13.0 Å². The van der Waals surface area contributed by atoms with Gasteiger partial charge in [0.15, 0.2) is 0 Å². The van der Waals surface area contributed by atoms with E-state index in [4.69, 9.17) is 13.9 Å². The zero-order valence-corrected chi connectivity index (χ0v) is 17.7. The zero-order chi connectivity index (χ0) is 20.6. The summed E-state index contributed by atoms with van der Waals surface area (Å²) in [6.45, 7) is 2.11. The number of nitrogens with one attached hydrogen (secondary N) is 1. The van der Waals surface area contributed by atoms with Gasteiger partial charge in [-0.2, -0.15) is 0 Å². The average Bonchev–Trinajstić information content (AvgIpc) is 2.71. The molecule has 0 saturated heterocycles. The molecule has 1 N–H and O–H groups in total. The Bertz CT molecular complexity index is 1040. The second-order valence-corrected chi connectivity index (χ2v) is 6.68. The molecule has 0 atom stereocenters. The van der Waals surface area contributed by atoms with Crippen molar-refractivity contribution in [1.29, 1.82) is 0 Å². The van der Waals surface area contributed by atoms with Crippen LogP contribution in [0.2, 0.25) is 0 Å². The largest absolute Gasteiger partial charge is 0.493 e. The third kappa shape index (κ3) is 6.79. The number of hydrogen-bond donors (Lipinski definition) is 1. The third-order valence-corrected chi connectivity index (χ3v) is 4.31. The molecule has 3 aromatic rings. The Morgan fingerprint density at radius 1 is 1.10 bits per heavy atom. The molecule has 0 aliphatic heterocycles. The van der Waals surface area contributed by atoms with Gasteiger partial charge in [0.05, 0.1) is 6.61 Å². The number of amides is 1. The highest BCUT2D eigenvalue weighted by Gasteiger charge is 2.06. The minimum Gasteiger partial charge on any atom is -0.493 e. The van der Waals surface area contributed by atoms with Gasteiger partial charge in [-0.3, -0.25) is 0 Å². The highest BCUT2D eigenvalue weighted by atomic mass is 35.5. The van der Waals surface area contributed by atoms with Crippen LogP contribution in [0.3, 0.4) is 0 Å². The SMILES string of the molecule is CNC(=O)Oc1cccc(CN(C)CCCOc2ccc3ccc(=O)oc3c2)c1.Cl. The molecule has 0 radical (unpaired) electrons. The number of carbonyl (C=O) groups excluding carboxylic acids is 1. The molecule has 2 aromatic carbocycles. The maximum Gasteiger partial charge on any atom is 0.412 e. The van der Waals surface area contributed by atoms with Crippen LogP contribution >= 0.6 is 12.4 Å². The molecule has 0 spiro atoms. The summed E-state index contributed by atoms with van der Waals surface area (Å²) < 4.78 is 16.1. The molecule has 3 rings (SSSR count). The summed E-state index contributed by atoms with van der Waals surface area (Å²) in [4.78, 5) is 24.8. The lowest BCUT2D eigenvalue weighted by molar-refractivity contribution is 0.203. The summed E-state index contributed by atoms with van der Waals surface area (Å²) in [5.74, 6) is 1.19. The molecule has 0 bridgehead atoms. The summed E-state index contributed by atoms with van der Waals surface area (Å²) in [6, 6.07) is 16.1. The van der Waals surface area contributed by atoms with Crippen LogP contribution in [0.15, 0.2) is 63.8 Å². The molecule has 7 nitrogen and oxygen atoms in total. The summed E-state index contributed by atoms with van der Waals surface area (Å²) in [5.41, 5.74) is 1.20. The second-order valence-electron chi connectivity index (χ2n) is 6.68. The minimum absolute atomic E-state index is 0. The van der Waals surface area contributed by atoms with Crippen molar-refractivity contribution in [3.63, 3.8) is 0 Å². The quantitative estimate of drug-likeness (QED) is 0.430.